The molecule has 17 heavy (non-hydrogen) atoms. The van der Waals surface area contributed by atoms with Gasteiger partial charge in [-0.25, -0.2) is 0 Å². The molecule has 0 bridgehead atoms. The summed E-state index contributed by atoms with van der Waals surface area (Å²) >= 11 is 1.73. The fourth-order valence-electron chi connectivity index (χ4n) is 2.38. The second-order valence-electron chi connectivity index (χ2n) is 4.58. The predicted octanol–water partition coefficient (Wildman–Crippen LogP) is 2.47. The Hall–Kier alpha value is -0.820. The van der Waals surface area contributed by atoms with Gasteiger partial charge in [-0.3, -0.25) is 4.90 Å². The zero-order valence-electron chi connectivity index (χ0n) is 10.3. The summed E-state index contributed by atoms with van der Waals surface area (Å²) in [5.41, 5.74) is 0. The molecule has 1 aromatic rings. The van der Waals surface area contributed by atoms with Crippen LogP contribution in [0.1, 0.15) is 35.4 Å². The van der Waals surface area contributed by atoms with Crippen molar-refractivity contribution in [2.75, 3.05) is 13.7 Å². The minimum atomic E-state index is -0.0603. The Balaban J connectivity index is 1.91. The van der Waals surface area contributed by atoms with Crippen LogP contribution in [0.15, 0.2) is 12.1 Å². The molecule has 2 nitrogen and oxygen atoms in total. The molecule has 0 amide bonds. The summed E-state index contributed by atoms with van der Waals surface area (Å²) in [6.07, 6.45) is 5.46. The van der Waals surface area contributed by atoms with Crippen LogP contribution >= 0.6 is 11.3 Å². The maximum atomic E-state index is 8.65. The fraction of sp³-hybridized carbons (Fsp3) is 0.571. The first-order valence-corrected chi connectivity index (χ1v) is 7.00. The molecule has 1 aromatic heterocycles. The zero-order valence-corrected chi connectivity index (χ0v) is 11.1. The van der Waals surface area contributed by atoms with Gasteiger partial charge in [0.05, 0.1) is 4.88 Å². The Morgan fingerprint density at radius 2 is 2.18 bits per heavy atom. The summed E-state index contributed by atoms with van der Waals surface area (Å²) < 4.78 is 0. The number of aliphatic hydroxyl groups excluding tert-OH is 1. The van der Waals surface area contributed by atoms with Crippen molar-refractivity contribution < 1.29 is 5.11 Å². The van der Waals surface area contributed by atoms with Gasteiger partial charge in [0.2, 0.25) is 0 Å². The number of hydrogen-bond donors (Lipinski definition) is 1. The lowest BCUT2D eigenvalue weighted by Crippen LogP contribution is -2.28. The van der Waals surface area contributed by atoms with E-state index in [1.165, 1.54) is 30.6 Å². The molecule has 0 spiro atoms. The maximum Gasteiger partial charge on any atom is 0.104 e. The summed E-state index contributed by atoms with van der Waals surface area (Å²) in [6.45, 7) is 0.964. The van der Waals surface area contributed by atoms with Crippen LogP contribution in [0.3, 0.4) is 0 Å². The summed E-state index contributed by atoms with van der Waals surface area (Å²) in [6, 6.07) is 4.96. The van der Waals surface area contributed by atoms with Crippen molar-refractivity contribution in [1.82, 2.24) is 4.90 Å². The highest BCUT2D eigenvalue weighted by molar-refractivity contribution is 7.12. The van der Waals surface area contributed by atoms with E-state index in [1.54, 1.807) is 11.3 Å². The Morgan fingerprint density at radius 3 is 2.88 bits per heavy atom. The summed E-state index contributed by atoms with van der Waals surface area (Å²) in [5.74, 6) is 5.65. The third kappa shape index (κ3) is 3.57. The van der Waals surface area contributed by atoms with E-state index in [2.05, 4.69) is 29.9 Å². The lowest BCUT2D eigenvalue weighted by atomic mass is 10.2. The van der Waals surface area contributed by atoms with Crippen molar-refractivity contribution in [2.45, 2.75) is 38.3 Å². The van der Waals surface area contributed by atoms with E-state index < -0.39 is 0 Å². The Bertz CT molecular complexity index is 409. The molecule has 2 rings (SSSR count). The fourth-order valence-corrected chi connectivity index (χ4v) is 3.32. The monoisotopic (exact) mass is 249 g/mol. The van der Waals surface area contributed by atoms with Crippen molar-refractivity contribution in [2.24, 2.45) is 0 Å². The van der Waals surface area contributed by atoms with Crippen LogP contribution < -0.4 is 0 Å². The van der Waals surface area contributed by atoms with Gasteiger partial charge in [0.1, 0.15) is 6.61 Å². The first kappa shape index (κ1) is 12.6. The van der Waals surface area contributed by atoms with Crippen molar-refractivity contribution in [3.8, 4) is 11.8 Å². The molecule has 1 aliphatic carbocycles. The van der Waals surface area contributed by atoms with E-state index in [0.29, 0.717) is 0 Å². The van der Waals surface area contributed by atoms with Gasteiger partial charge in [0, 0.05) is 17.5 Å². The molecule has 1 heterocycles. The van der Waals surface area contributed by atoms with E-state index in [-0.39, 0.29) is 6.61 Å². The van der Waals surface area contributed by atoms with Crippen LogP contribution in [0, 0.1) is 11.8 Å². The van der Waals surface area contributed by atoms with E-state index in [9.17, 15) is 0 Å². The Kier molecular flexibility index (Phi) is 4.61. The van der Waals surface area contributed by atoms with Crippen LogP contribution in [0.5, 0.6) is 0 Å². The highest BCUT2D eigenvalue weighted by Gasteiger charge is 2.19. The largest absolute Gasteiger partial charge is 0.384 e. The number of thiophene rings is 1. The topological polar surface area (TPSA) is 23.5 Å². The molecule has 92 valence electrons. The van der Waals surface area contributed by atoms with Gasteiger partial charge in [0.25, 0.3) is 0 Å². The van der Waals surface area contributed by atoms with Crippen LogP contribution in [0.2, 0.25) is 0 Å². The molecule has 0 unspecified atom stereocenters. The maximum absolute atomic E-state index is 8.65. The average Bonchev–Trinajstić information content (AvgIpc) is 2.97. The molecule has 1 saturated carbocycles. The van der Waals surface area contributed by atoms with E-state index >= 15 is 0 Å². The second-order valence-corrected chi connectivity index (χ2v) is 5.75. The molecule has 1 fully saturated rings. The molecule has 0 saturated heterocycles. The summed E-state index contributed by atoms with van der Waals surface area (Å²) in [7, 11) is 2.22. The van der Waals surface area contributed by atoms with E-state index in [0.717, 1.165) is 17.5 Å². The molecule has 3 heteroatoms. The first-order valence-electron chi connectivity index (χ1n) is 6.18. The average molecular weight is 249 g/mol. The van der Waals surface area contributed by atoms with Gasteiger partial charge >= 0.3 is 0 Å². The van der Waals surface area contributed by atoms with Gasteiger partial charge in [-0.2, -0.15) is 0 Å². The molecular formula is C14H19NOS. The lowest BCUT2D eigenvalue weighted by Gasteiger charge is -2.23. The van der Waals surface area contributed by atoms with Crippen molar-refractivity contribution in [3.63, 3.8) is 0 Å². The van der Waals surface area contributed by atoms with Crippen molar-refractivity contribution in [3.05, 3.63) is 21.9 Å². The first-order chi connectivity index (χ1) is 8.29. The molecular weight excluding hydrogens is 230 g/mol. The number of nitrogens with zero attached hydrogens (tertiary/aromatic N) is 1. The van der Waals surface area contributed by atoms with Crippen LogP contribution in [0.25, 0.3) is 0 Å². The minimum absolute atomic E-state index is 0.0603. The van der Waals surface area contributed by atoms with Crippen LogP contribution in [-0.2, 0) is 6.54 Å². The smallest absolute Gasteiger partial charge is 0.104 e. The summed E-state index contributed by atoms with van der Waals surface area (Å²) in [5, 5.41) is 8.65. The quantitative estimate of drug-likeness (QED) is 0.832. The molecule has 1 N–H and O–H groups in total. The lowest BCUT2D eigenvalue weighted by molar-refractivity contribution is 0.239. The highest BCUT2D eigenvalue weighted by atomic mass is 32.1. The molecule has 0 aliphatic heterocycles. The van der Waals surface area contributed by atoms with Gasteiger partial charge in [-0.15, -0.1) is 11.3 Å². The predicted molar refractivity (Wildman–Crippen MR) is 72.0 cm³/mol. The van der Waals surface area contributed by atoms with Crippen LogP contribution in [0.4, 0.5) is 0 Å². The highest BCUT2D eigenvalue weighted by Crippen LogP contribution is 2.25. The van der Waals surface area contributed by atoms with Gasteiger partial charge in [0.15, 0.2) is 0 Å². The number of rotatable bonds is 3. The number of aliphatic hydroxyl groups is 1. The Morgan fingerprint density at radius 1 is 1.41 bits per heavy atom. The number of hydrogen-bond acceptors (Lipinski definition) is 3. The normalized spacial score (nSPS) is 16.2. The third-order valence-electron chi connectivity index (χ3n) is 3.31. The molecule has 0 aromatic carbocycles. The minimum Gasteiger partial charge on any atom is -0.384 e. The molecule has 0 atom stereocenters. The SMILES string of the molecule is CN(Cc1ccc(C#CCO)s1)C1CCCC1. The van der Waals surface area contributed by atoms with Gasteiger partial charge < -0.3 is 5.11 Å². The van der Waals surface area contributed by atoms with Crippen molar-refractivity contribution >= 4 is 11.3 Å². The standard InChI is InChI=1S/C14H19NOS/c1-15(12-5-2-3-6-12)11-14-9-8-13(17-14)7-4-10-16/h8-9,12,16H,2-3,5-6,10-11H2,1H3. The molecule has 0 radical (unpaired) electrons. The van der Waals surface area contributed by atoms with Crippen molar-refractivity contribution in [1.29, 1.82) is 0 Å². The van der Waals surface area contributed by atoms with Gasteiger partial charge in [-0.1, -0.05) is 24.7 Å². The van der Waals surface area contributed by atoms with E-state index in [4.69, 9.17) is 5.11 Å². The second kappa shape index (κ2) is 6.20. The van der Waals surface area contributed by atoms with Gasteiger partial charge in [-0.05, 0) is 32.0 Å². The molecule has 1 aliphatic rings. The summed E-state index contributed by atoms with van der Waals surface area (Å²) in [4.78, 5) is 4.87. The van der Waals surface area contributed by atoms with E-state index in [1.807, 2.05) is 6.07 Å². The van der Waals surface area contributed by atoms with Crippen LogP contribution in [-0.4, -0.2) is 29.7 Å². The third-order valence-corrected chi connectivity index (χ3v) is 4.29. The zero-order chi connectivity index (χ0) is 12.1. The Labute approximate surface area is 107 Å².